The van der Waals surface area contributed by atoms with Crippen molar-refractivity contribution in [2.45, 2.75) is 44.9 Å². The fourth-order valence-corrected chi connectivity index (χ4v) is 3.29. The van der Waals surface area contributed by atoms with Crippen LogP contribution in [0.15, 0.2) is 29.2 Å². The molecule has 6 heteroatoms. The van der Waals surface area contributed by atoms with E-state index >= 15 is 0 Å². The highest BCUT2D eigenvalue weighted by Crippen LogP contribution is 2.23. The van der Waals surface area contributed by atoms with Gasteiger partial charge in [0.25, 0.3) is 10.0 Å². The Morgan fingerprint density at radius 2 is 1.86 bits per heavy atom. The molecule has 2 rings (SSSR count). The van der Waals surface area contributed by atoms with E-state index < -0.39 is 10.0 Å². The second-order valence-electron chi connectivity index (χ2n) is 5.29. The van der Waals surface area contributed by atoms with Crippen molar-refractivity contribution in [1.29, 1.82) is 0 Å². The summed E-state index contributed by atoms with van der Waals surface area (Å²) in [5, 5.41) is 6.76. The summed E-state index contributed by atoms with van der Waals surface area (Å²) in [4.78, 5) is 0.259. The summed E-state index contributed by atoms with van der Waals surface area (Å²) < 4.78 is 27.4. The zero-order valence-electron chi connectivity index (χ0n) is 12.8. The molecule has 0 bridgehead atoms. The van der Waals surface area contributed by atoms with Crippen LogP contribution in [0.4, 0.5) is 5.69 Å². The predicted molar refractivity (Wildman–Crippen MR) is 84.0 cm³/mol. The van der Waals surface area contributed by atoms with Gasteiger partial charge in [-0.25, -0.2) is 8.42 Å². The molecule has 0 spiro atoms. The summed E-state index contributed by atoms with van der Waals surface area (Å²) in [6, 6.07) is 7.04. The first-order chi connectivity index (χ1) is 9.85. The molecule has 2 N–H and O–H groups in total. The molecule has 0 radical (unpaired) electrons. The van der Waals surface area contributed by atoms with Crippen LogP contribution in [0.25, 0.3) is 0 Å². The van der Waals surface area contributed by atoms with Gasteiger partial charge in [-0.05, 0) is 43.9 Å². The smallest absolute Gasteiger partial charge is 0.262 e. The lowest BCUT2D eigenvalue weighted by atomic mass is 9.99. The minimum absolute atomic E-state index is 0.259. The first kappa shape index (κ1) is 15.6. The van der Waals surface area contributed by atoms with Gasteiger partial charge in [-0.1, -0.05) is 26.0 Å². The van der Waals surface area contributed by atoms with Crippen molar-refractivity contribution in [2.24, 2.45) is 0 Å². The highest BCUT2D eigenvalue weighted by Gasteiger charge is 2.18. The zero-order chi connectivity index (χ0) is 15.6. The first-order valence-corrected chi connectivity index (χ1v) is 8.47. The largest absolute Gasteiger partial charge is 0.280 e. The number of aryl methyl sites for hydroxylation is 2. The van der Waals surface area contributed by atoms with Gasteiger partial charge in [-0.3, -0.25) is 9.82 Å². The molecule has 1 atom stereocenters. The number of hydrogen-bond acceptors (Lipinski definition) is 3. The fourth-order valence-electron chi connectivity index (χ4n) is 2.11. The fraction of sp³-hybridized carbons (Fsp3) is 0.400. The second kappa shape index (κ2) is 5.89. The van der Waals surface area contributed by atoms with Crippen molar-refractivity contribution < 1.29 is 8.42 Å². The second-order valence-corrected chi connectivity index (χ2v) is 6.98. The number of aromatic amines is 1. The van der Waals surface area contributed by atoms with Gasteiger partial charge in [0, 0.05) is 0 Å². The van der Waals surface area contributed by atoms with Crippen LogP contribution in [0.3, 0.4) is 0 Å². The van der Waals surface area contributed by atoms with E-state index in [-0.39, 0.29) is 4.90 Å². The van der Waals surface area contributed by atoms with Gasteiger partial charge < -0.3 is 0 Å². The lowest BCUT2D eigenvalue weighted by Gasteiger charge is -2.11. The van der Waals surface area contributed by atoms with Crippen molar-refractivity contribution in [3.05, 3.63) is 41.2 Å². The van der Waals surface area contributed by atoms with E-state index in [2.05, 4.69) is 28.8 Å². The summed E-state index contributed by atoms with van der Waals surface area (Å²) in [7, 11) is -3.59. The number of nitrogens with zero attached hydrogens (tertiary/aromatic N) is 1. The molecule has 0 aliphatic rings. The number of hydrogen-bond donors (Lipinski definition) is 2. The average molecular weight is 307 g/mol. The third kappa shape index (κ3) is 3.26. The third-order valence-electron chi connectivity index (χ3n) is 3.74. The van der Waals surface area contributed by atoms with Crippen molar-refractivity contribution >= 4 is 15.7 Å². The van der Waals surface area contributed by atoms with Gasteiger partial charge in [0.05, 0.1) is 22.0 Å². The Bertz CT molecular complexity index is 698. The van der Waals surface area contributed by atoms with Gasteiger partial charge in [0.1, 0.15) is 0 Å². The molecule has 0 unspecified atom stereocenters. The Labute approximate surface area is 125 Å². The Kier molecular flexibility index (Phi) is 4.37. The number of aromatic nitrogens is 2. The van der Waals surface area contributed by atoms with E-state index in [9.17, 15) is 8.42 Å². The van der Waals surface area contributed by atoms with E-state index in [4.69, 9.17) is 0 Å². The number of H-pyrrole nitrogens is 1. The molecule has 2 aromatic rings. The topological polar surface area (TPSA) is 74.8 Å². The predicted octanol–water partition coefficient (Wildman–Crippen LogP) is 3.34. The number of sulfonamides is 1. The summed E-state index contributed by atoms with van der Waals surface area (Å²) in [6.45, 7) is 7.78. The molecule has 1 aromatic heterocycles. The lowest BCUT2D eigenvalue weighted by Crippen LogP contribution is -2.14. The maximum Gasteiger partial charge on any atom is 0.262 e. The minimum Gasteiger partial charge on any atom is -0.280 e. The minimum atomic E-state index is -3.59. The van der Waals surface area contributed by atoms with Crippen LogP contribution in [0.1, 0.15) is 43.1 Å². The van der Waals surface area contributed by atoms with Gasteiger partial charge in [0.2, 0.25) is 0 Å². The molecule has 5 nitrogen and oxygen atoms in total. The number of nitrogens with one attached hydrogen (secondary N) is 2. The maximum absolute atomic E-state index is 12.4. The van der Waals surface area contributed by atoms with Crippen LogP contribution >= 0.6 is 0 Å². The quantitative estimate of drug-likeness (QED) is 0.889. The Hall–Kier alpha value is -1.82. The van der Waals surface area contributed by atoms with Crippen LogP contribution < -0.4 is 4.72 Å². The molecule has 114 valence electrons. The molecule has 0 aliphatic carbocycles. The third-order valence-corrected chi connectivity index (χ3v) is 5.10. The lowest BCUT2D eigenvalue weighted by molar-refractivity contribution is 0.601. The highest BCUT2D eigenvalue weighted by atomic mass is 32.2. The summed E-state index contributed by atoms with van der Waals surface area (Å²) >= 11 is 0. The molecule has 0 fully saturated rings. The molecule has 0 aliphatic heterocycles. The Morgan fingerprint density at radius 3 is 2.33 bits per heavy atom. The standard InChI is InChI=1S/C15H21N3O2S/c1-5-10(2)13-6-8-14(9-7-13)21(19,20)18-15-11(3)16-17-12(15)4/h6-10,18H,5H2,1-4H3,(H,16,17)/t10-/m0/s1. The molecule has 21 heavy (non-hydrogen) atoms. The number of anilines is 1. The molecule has 0 saturated heterocycles. The molecular weight excluding hydrogens is 286 g/mol. The molecule has 1 aromatic carbocycles. The first-order valence-electron chi connectivity index (χ1n) is 6.99. The van der Waals surface area contributed by atoms with Crippen molar-refractivity contribution in [2.75, 3.05) is 4.72 Å². The molecule has 1 heterocycles. The zero-order valence-corrected chi connectivity index (χ0v) is 13.6. The summed E-state index contributed by atoms with van der Waals surface area (Å²) in [5.41, 5.74) is 2.99. The highest BCUT2D eigenvalue weighted by molar-refractivity contribution is 7.92. The normalized spacial score (nSPS) is 13.1. The van der Waals surface area contributed by atoms with E-state index in [0.717, 1.165) is 12.0 Å². The monoisotopic (exact) mass is 307 g/mol. The van der Waals surface area contributed by atoms with E-state index in [1.54, 1.807) is 26.0 Å². The van der Waals surface area contributed by atoms with E-state index in [1.807, 2.05) is 12.1 Å². The van der Waals surface area contributed by atoms with Gasteiger partial charge >= 0.3 is 0 Å². The van der Waals surface area contributed by atoms with Crippen LogP contribution in [0, 0.1) is 13.8 Å². The van der Waals surface area contributed by atoms with Crippen LogP contribution in [0.5, 0.6) is 0 Å². The van der Waals surface area contributed by atoms with Crippen molar-refractivity contribution in [1.82, 2.24) is 10.2 Å². The number of benzene rings is 1. The molecule has 0 amide bonds. The summed E-state index contributed by atoms with van der Waals surface area (Å²) in [6.07, 6.45) is 1.03. The molecule has 0 saturated carbocycles. The van der Waals surface area contributed by atoms with Crippen LogP contribution in [-0.2, 0) is 10.0 Å². The van der Waals surface area contributed by atoms with Gasteiger partial charge in [-0.15, -0.1) is 0 Å². The van der Waals surface area contributed by atoms with Crippen molar-refractivity contribution in [3.8, 4) is 0 Å². The average Bonchev–Trinajstić information content (AvgIpc) is 2.78. The van der Waals surface area contributed by atoms with Crippen LogP contribution in [0.2, 0.25) is 0 Å². The summed E-state index contributed by atoms with van der Waals surface area (Å²) in [5.74, 6) is 0.424. The van der Waals surface area contributed by atoms with E-state index in [0.29, 0.717) is 23.0 Å². The van der Waals surface area contributed by atoms with Crippen molar-refractivity contribution in [3.63, 3.8) is 0 Å². The Balaban J connectivity index is 2.28. The SMILES string of the molecule is CC[C@H](C)c1ccc(S(=O)(=O)Nc2c(C)n[nH]c2C)cc1. The van der Waals surface area contributed by atoms with Gasteiger partial charge in [-0.2, -0.15) is 5.10 Å². The maximum atomic E-state index is 12.4. The Morgan fingerprint density at radius 1 is 1.24 bits per heavy atom. The van der Waals surface area contributed by atoms with E-state index in [1.165, 1.54) is 0 Å². The molecular formula is C15H21N3O2S. The van der Waals surface area contributed by atoms with Crippen LogP contribution in [-0.4, -0.2) is 18.6 Å². The number of rotatable bonds is 5. The van der Waals surface area contributed by atoms with Gasteiger partial charge in [0.15, 0.2) is 0 Å².